The van der Waals surface area contributed by atoms with E-state index in [0.29, 0.717) is 11.6 Å². The minimum absolute atomic E-state index is 0.421. The van der Waals surface area contributed by atoms with Crippen LogP contribution in [0.15, 0.2) is 30.3 Å². The summed E-state index contributed by atoms with van der Waals surface area (Å²) in [7, 11) is 0. The number of nitrogens with two attached hydrogens (primary N) is 1. The van der Waals surface area contributed by atoms with E-state index in [1.807, 2.05) is 37.3 Å². The van der Waals surface area contributed by atoms with Crippen molar-refractivity contribution in [1.29, 1.82) is 0 Å². The quantitative estimate of drug-likeness (QED) is 0.868. The minimum Gasteiger partial charge on any atom is -0.325 e. The molecule has 1 aromatic heterocycles. The lowest BCUT2D eigenvalue weighted by Crippen LogP contribution is -2.03. The molecule has 0 bridgehead atoms. The predicted octanol–water partition coefficient (Wildman–Crippen LogP) is 2.56. The molecule has 82 valence electrons. The number of rotatable bonds is 2. The van der Waals surface area contributed by atoms with Crippen LogP contribution in [0.2, 0.25) is 5.02 Å². The lowest BCUT2D eigenvalue weighted by atomic mass is 10.1. The van der Waals surface area contributed by atoms with E-state index in [-0.39, 0.29) is 0 Å². The van der Waals surface area contributed by atoms with Crippen LogP contribution in [0, 0.1) is 6.92 Å². The average molecular weight is 234 g/mol. The number of aromatic nitrogens is 2. The third-order valence-corrected chi connectivity index (χ3v) is 2.49. The molecule has 0 aliphatic carbocycles. The second-order valence-electron chi connectivity index (χ2n) is 3.50. The second kappa shape index (κ2) is 4.60. The van der Waals surface area contributed by atoms with Crippen molar-refractivity contribution in [2.45, 2.75) is 13.5 Å². The van der Waals surface area contributed by atoms with Crippen LogP contribution in [0.3, 0.4) is 0 Å². The fourth-order valence-electron chi connectivity index (χ4n) is 1.50. The molecule has 0 unspecified atom stereocenters. The molecule has 2 rings (SSSR count). The fraction of sp³-hybridized carbons (Fsp3) is 0.167. The minimum atomic E-state index is 0.421. The number of benzene rings is 1. The van der Waals surface area contributed by atoms with Crippen molar-refractivity contribution in [3.05, 3.63) is 46.9 Å². The van der Waals surface area contributed by atoms with Crippen molar-refractivity contribution < 1.29 is 0 Å². The molecule has 0 saturated carbocycles. The second-order valence-corrected chi connectivity index (χ2v) is 3.94. The van der Waals surface area contributed by atoms with Crippen LogP contribution >= 0.6 is 11.6 Å². The normalized spacial score (nSPS) is 10.4. The van der Waals surface area contributed by atoms with Gasteiger partial charge in [-0.1, -0.05) is 23.7 Å². The fourth-order valence-corrected chi connectivity index (χ4v) is 1.63. The van der Waals surface area contributed by atoms with Gasteiger partial charge in [0.2, 0.25) is 0 Å². The maximum Gasteiger partial charge on any atom is 0.126 e. The van der Waals surface area contributed by atoms with Crippen molar-refractivity contribution in [3.8, 4) is 11.3 Å². The Balaban J connectivity index is 2.47. The van der Waals surface area contributed by atoms with E-state index in [9.17, 15) is 0 Å². The molecular weight excluding hydrogens is 222 g/mol. The third kappa shape index (κ3) is 2.38. The van der Waals surface area contributed by atoms with Gasteiger partial charge in [0.15, 0.2) is 0 Å². The van der Waals surface area contributed by atoms with Crippen molar-refractivity contribution >= 4 is 11.6 Å². The third-order valence-electron chi connectivity index (χ3n) is 2.24. The van der Waals surface area contributed by atoms with E-state index < -0.39 is 0 Å². The van der Waals surface area contributed by atoms with E-state index in [4.69, 9.17) is 17.3 Å². The van der Waals surface area contributed by atoms with Gasteiger partial charge in [0, 0.05) is 17.1 Å². The zero-order valence-electron chi connectivity index (χ0n) is 8.94. The summed E-state index contributed by atoms with van der Waals surface area (Å²) < 4.78 is 0. The molecule has 2 N–H and O–H groups in total. The highest BCUT2D eigenvalue weighted by molar-refractivity contribution is 6.30. The average Bonchev–Trinajstić information content (AvgIpc) is 2.29. The highest BCUT2D eigenvalue weighted by Gasteiger charge is 2.03. The van der Waals surface area contributed by atoms with Gasteiger partial charge in [-0.15, -0.1) is 0 Å². The van der Waals surface area contributed by atoms with E-state index in [0.717, 1.165) is 22.8 Å². The van der Waals surface area contributed by atoms with E-state index in [2.05, 4.69) is 9.97 Å². The Kier molecular flexibility index (Phi) is 3.17. The first-order valence-corrected chi connectivity index (χ1v) is 5.37. The van der Waals surface area contributed by atoms with Crippen molar-refractivity contribution in [3.63, 3.8) is 0 Å². The van der Waals surface area contributed by atoms with Crippen LogP contribution in [0.1, 0.15) is 11.5 Å². The van der Waals surface area contributed by atoms with Crippen LogP contribution in [0.5, 0.6) is 0 Å². The molecular formula is C12H12ClN3. The Morgan fingerprint density at radius 2 is 1.88 bits per heavy atom. The molecule has 0 spiro atoms. The van der Waals surface area contributed by atoms with Crippen LogP contribution in [-0.4, -0.2) is 9.97 Å². The molecule has 1 aromatic carbocycles. The van der Waals surface area contributed by atoms with Gasteiger partial charge < -0.3 is 5.73 Å². The van der Waals surface area contributed by atoms with Gasteiger partial charge in [0.05, 0.1) is 11.4 Å². The summed E-state index contributed by atoms with van der Waals surface area (Å²) in [6.45, 7) is 2.28. The van der Waals surface area contributed by atoms with Gasteiger partial charge in [-0.05, 0) is 25.1 Å². The Morgan fingerprint density at radius 3 is 2.50 bits per heavy atom. The molecule has 0 saturated heterocycles. The Bertz CT molecular complexity index is 494. The lowest BCUT2D eigenvalue weighted by molar-refractivity contribution is 0.929. The van der Waals surface area contributed by atoms with Gasteiger partial charge in [-0.3, -0.25) is 0 Å². The zero-order chi connectivity index (χ0) is 11.5. The molecule has 0 aliphatic rings. The van der Waals surface area contributed by atoms with Crippen molar-refractivity contribution in [1.82, 2.24) is 9.97 Å². The topological polar surface area (TPSA) is 51.8 Å². The highest BCUT2D eigenvalue weighted by Crippen LogP contribution is 2.20. The van der Waals surface area contributed by atoms with Gasteiger partial charge in [0.1, 0.15) is 5.82 Å². The van der Waals surface area contributed by atoms with E-state index in [1.165, 1.54) is 0 Å². The molecule has 0 fully saturated rings. The number of hydrogen-bond donors (Lipinski definition) is 1. The summed E-state index contributed by atoms with van der Waals surface area (Å²) >= 11 is 5.84. The number of nitrogens with zero attached hydrogens (tertiary/aromatic N) is 2. The first-order valence-electron chi connectivity index (χ1n) is 4.99. The molecule has 3 nitrogen and oxygen atoms in total. The van der Waals surface area contributed by atoms with E-state index in [1.54, 1.807) is 0 Å². The first kappa shape index (κ1) is 11.0. The highest BCUT2D eigenvalue weighted by atomic mass is 35.5. The monoisotopic (exact) mass is 233 g/mol. The standard InChI is InChI=1S/C12H12ClN3/c1-8-15-11(7-14)6-12(16-8)9-2-4-10(13)5-3-9/h2-6H,7,14H2,1H3. The maximum absolute atomic E-state index is 5.84. The largest absolute Gasteiger partial charge is 0.325 e. The Hall–Kier alpha value is -1.45. The van der Waals surface area contributed by atoms with Gasteiger partial charge in [0.25, 0.3) is 0 Å². The molecule has 0 aliphatic heterocycles. The SMILES string of the molecule is Cc1nc(CN)cc(-c2ccc(Cl)cc2)n1. The summed E-state index contributed by atoms with van der Waals surface area (Å²) in [5.41, 5.74) is 8.32. The number of hydrogen-bond acceptors (Lipinski definition) is 3. The van der Waals surface area contributed by atoms with Crippen LogP contribution < -0.4 is 5.73 Å². The smallest absolute Gasteiger partial charge is 0.126 e. The predicted molar refractivity (Wildman–Crippen MR) is 65.1 cm³/mol. The zero-order valence-corrected chi connectivity index (χ0v) is 9.70. The van der Waals surface area contributed by atoms with Crippen LogP contribution in [0.25, 0.3) is 11.3 Å². The maximum atomic E-state index is 5.84. The Labute approximate surface area is 99.3 Å². The molecule has 2 aromatic rings. The molecule has 0 atom stereocenters. The molecule has 16 heavy (non-hydrogen) atoms. The summed E-state index contributed by atoms with van der Waals surface area (Å²) in [5, 5.41) is 0.716. The van der Waals surface area contributed by atoms with Crippen LogP contribution in [0.4, 0.5) is 0 Å². The van der Waals surface area contributed by atoms with Crippen molar-refractivity contribution in [2.75, 3.05) is 0 Å². The molecule has 0 amide bonds. The summed E-state index contributed by atoms with van der Waals surface area (Å²) in [6.07, 6.45) is 0. The summed E-state index contributed by atoms with van der Waals surface area (Å²) in [4.78, 5) is 8.61. The lowest BCUT2D eigenvalue weighted by Gasteiger charge is -2.04. The summed E-state index contributed by atoms with van der Waals surface area (Å²) in [5.74, 6) is 0.730. The van der Waals surface area contributed by atoms with Gasteiger partial charge in [-0.25, -0.2) is 9.97 Å². The van der Waals surface area contributed by atoms with E-state index >= 15 is 0 Å². The number of aryl methyl sites for hydroxylation is 1. The molecule has 0 radical (unpaired) electrons. The Morgan fingerprint density at radius 1 is 1.19 bits per heavy atom. The van der Waals surface area contributed by atoms with Gasteiger partial charge >= 0.3 is 0 Å². The van der Waals surface area contributed by atoms with Crippen molar-refractivity contribution in [2.24, 2.45) is 5.73 Å². The van der Waals surface area contributed by atoms with Crippen LogP contribution in [-0.2, 0) is 6.54 Å². The molecule has 1 heterocycles. The number of halogens is 1. The first-order chi connectivity index (χ1) is 7.69. The van der Waals surface area contributed by atoms with Gasteiger partial charge in [-0.2, -0.15) is 0 Å². The molecule has 4 heteroatoms. The summed E-state index contributed by atoms with van der Waals surface area (Å²) in [6, 6.07) is 9.46.